The molecule has 17 heavy (non-hydrogen) atoms. The number of nitrogens with zero attached hydrogens (tertiary/aromatic N) is 1. The fourth-order valence-electron chi connectivity index (χ4n) is 1.73. The molecule has 0 saturated carbocycles. The van der Waals surface area contributed by atoms with E-state index in [-0.39, 0.29) is 0 Å². The second-order valence-electron chi connectivity index (χ2n) is 3.67. The van der Waals surface area contributed by atoms with Gasteiger partial charge in [-0.3, -0.25) is 4.98 Å². The summed E-state index contributed by atoms with van der Waals surface area (Å²) in [6.45, 7) is 0.366. The van der Waals surface area contributed by atoms with Crippen LogP contribution >= 0.6 is 0 Å². The third-order valence-corrected chi connectivity index (χ3v) is 2.55. The Bertz CT molecular complexity index is 722. The molecule has 0 bridgehead atoms. The van der Waals surface area contributed by atoms with E-state index in [9.17, 15) is 4.79 Å². The van der Waals surface area contributed by atoms with E-state index in [1.54, 1.807) is 12.3 Å². The van der Waals surface area contributed by atoms with Gasteiger partial charge in [0, 0.05) is 5.56 Å². The molecule has 3 aromatic rings. The first-order valence-corrected chi connectivity index (χ1v) is 5.13. The zero-order valence-electron chi connectivity index (χ0n) is 8.86. The van der Waals surface area contributed by atoms with Crippen molar-refractivity contribution in [2.45, 2.75) is 6.54 Å². The van der Waals surface area contributed by atoms with Crippen molar-refractivity contribution in [3.63, 3.8) is 0 Å². The fourth-order valence-corrected chi connectivity index (χ4v) is 1.73. The molecule has 86 valence electrons. The standard InChI is InChI=1S/C11H10N4O2/c12-4-10-13-5-8(14-10)6-1-2-9-7(3-6)15-11(16)17-9/h1-3,5H,4,12H2,(H,13,14)(H,15,16). The van der Waals surface area contributed by atoms with E-state index in [4.69, 9.17) is 10.2 Å². The van der Waals surface area contributed by atoms with Crippen LogP contribution < -0.4 is 11.5 Å². The lowest BCUT2D eigenvalue weighted by Gasteiger charge is -1.96. The first kappa shape index (κ1) is 9.86. The number of imidazole rings is 1. The molecule has 6 nitrogen and oxygen atoms in total. The number of hydrogen-bond donors (Lipinski definition) is 3. The van der Waals surface area contributed by atoms with E-state index >= 15 is 0 Å². The molecule has 6 heteroatoms. The van der Waals surface area contributed by atoms with Gasteiger partial charge in [0.1, 0.15) is 5.82 Å². The van der Waals surface area contributed by atoms with Crippen molar-refractivity contribution >= 4 is 11.1 Å². The smallest absolute Gasteiger partial charge is 0.408 e. The molecule has 0 radical (unpaired) electrons. The predicted octanol–water partition coefficient (Wildman–Crippen LogP) is 0.970. The predicted molar refractivity (Wildman–Crippen MR) is 62.3 cm³/mol. The molecule has 0 saturated heterocycles. The minimum atomic E-state index is -0.454. The molecule has 0 fully saturated rings. The number of fused-ring (bicyclic) bond motifs is 1. The van der Waals surface area contributed by atoms with Gasteiger partial charge in [0.2, 0.25) is 0 Å². The lowest BCUT2D eigenvalue weighted by atomic mass is 10.1. The highest BCUT2D eigenvalue weighted by molar-refractivity contribution is 5.78. The average molecular weight is 230 g/mol. The molecule has 1 aromatic carbocycles. The van der Waals surface area contributed by atoms with Crippen LogP contribution in [-0.4, -0.2) is 15.0 Å². The van der Waals surface area contributed by atoms with Crippen LogP contribution in [0.25, 0.3) is 22.4 Å². The second kappa shape index (κ2) is 3.60. The summed E-state index contributed by atoms with van der Waals surface area (Å²) in [7, 11) is 0. The quantitative estimate of drug-likeness (QED) is 0.610. The molecule has 3 rings (SSSR count). The van der Waals surface area contributed by atoms with Gasteiger partial charge in [0.15, 0.2) is 5.58 Å². The molecule has 4 N–H and O–H groups in total. The average Bonchev–Trinajstić information content (AvgIpc) is 2.92. The minimum absolute atomic E-state index is 0.366. The number of benzene rings is 1. The van der Waals surface area contributed by atoms with Crippen LogP contribution in [0.4, 0.5) is 0 Å². The molecule has 0 amide bonds. The number of aromatic amines is 2. The molecule has 0 aliphatic heterocycles. The summed E-state index contributed by atoms with van der Waals surface area (Å²) in [5.74, 6) is 0.269. The molecule has 0 atom stereocenters. The Morgan fingerprint density at radius 3 is 3.00 bits per heavy atom. The van der Waals surface area contributed by atoms with Crippen LogP contribution in [0, 0.1) is 0 Å². The number of H-pyrrole nitrogens is 2. The SMILES string of the molecule is NCc1ncc(-c2ccc3oc(=O)[nH]c3c2)[nH]1. The maximum atomic E-state index is 11.0. The van der Waals surface area contributed by atoms with Crippen molar-refractivity contribution < 1.29 is 4.42 Å². The zero-order chi connectivity index (χ0) is 11.8. The minimum Gasteiger partial charge on any atom is -0.408 e. The topological polar surface area (TPSA) is 101 Å². The Hall–Kier alpha value is -2.34. The Morgan fingerprint density at radius 2 is 2.24 bits per heavy atom. The molecule has 0 unspecified atom stereocenters. The molecular weight excluding hydrogens is 220 g/mol. The van der Waals surface area contributed by atoms with Crippen molar-refractivity contribution in [2.24, 2.45) is 5.73 Å². The van der Waals surface area contributed by atoms with E-state index in [0.717, 1.165) is 17.1 Å². The highest BCUT2D eigenvalue weighted by atomic mass is 16.4. The maximum absolute atomic E-state index is 11.0. The van der Waals surface area contributed by atoms with Gasteiger partial charge in [-0.2, -0.15) is 0 Å². The maximum Gasteiger partial charge on any atom is 0.417 e. The molecule has 0 aliphatic rings. The van der Waals surface area contributed by atoms with Crippen LogP contribution in [0.15, 0.2) is 33.6 Å². The molecule has 2 aromatic heterocycles. The molecular formula is C11H10N4O2. The van der Waals surface area contributed by atoms with Gasteiger partial charge in [0.05, 0.1) is 24.0 Å². The zero-order valence-corrected chi connectivity index (χ0v) is 8.86. The van der Waals surface area contributed by atoms with Crippen LogP contribution in [0.2, 0.25) is 0 Å². The largest absolute Gasteiger partial charge is 0.417 e. The van der Waals surface area contributed by atoms with Crippen molar-refractivity contribution in [2.75, 3.05) is 0 Å². The Morgan fingerprint density at radius 1 is 1.35 bits per heavy atom. The first-order valence-electron chi connectivity index (χ1n) is 5.13. The van der Waals surface area contributed by atoms with E-state index in [2.05, 4.69) is 15.0 Å². The summed E-state index contributed by atoms with van der Waals surface area (Å²) in [5, 5.41) is 0. The van der Waals surface area contributed by atoms with Gasteiger partial charge in [-0.1, -0.05) is 0 Å². The van der Waals surface area contributed by atoms with Gasteiger partial charge in [-0.25, -0.2) is 9.78 Å². The van der Waals surface area contributed by atoms with Gasteiger partial charge < -0.3 is 15.1 Å². The Labute approximate surface area is 95.5 Å². The number of nitrogens with one attached hydrogen (secondary N) is 2. The highest BCUT2D eigenvalue weighted by Crippen LogP contribution is 2.21. The normalized spacial score (nSPS) is 11.1. The Kier molecular flexibility index (Phi) is 2.09. The van der Waals surface area contributed by atoms with E-state index in [1.165, 1.54) is 0 Å². The molecule has 0 spiro atoms. The second-order valence-corrected chi connectivity index (χ2v) is 3.67. The number of oxazole rings is 1. The third kappa shape index (κ3) is 1.64. The molecule has 2 heterocycles. The number of nitrogens with two attached hydrogens (primary N) is 1. The third-order valence-electron chi connectivity index (χ3n) is 2.55. The van der Waals surface area contributed by atoms with Crippen LogP contribution in [0.5, 0.6) is 0 Å². The van der Waals surface area contributed by atoms with Gasteiger partial charge in [-0.15, -0.1) is 0 Å². The van der Waals surface area contributed by atoms with Crippen LogP contribution in [-0.2, 0) is 6.54 Å². The van der Waals surface area contributed by atoms with Crippen molar-refractivity contribution in [3.8, 4) is 11.3 Å². The van der Waals surface area contributed by atoms with E-state index in [1.807, 2.05) is 12.1 Å². The monoisotopic (exact) mass is 230 g/mol. The van der Waals surface area contributed by atoms with Crippen molar-refractivity contribution in [1.29, 1.82) is 0 Å². The fraction of sp³-hybridized carbons (Fsp3) is 0.0909. The number of aromatic nitrogens is 3. The van der Waals surface area contributed by atoms with E-state index < -0.39 is 5.76 Å². The van der Waals surface area contributed by atoms with Gasteiger partial charge in [-0.05, 0) is 18.2 Å². The van der Waals surface area contributed by atoms with Gasteiger partial charge in [0.25, 0.3) is 0 Å². The Balaban J connectivity index is 2.13. The lowest BCUT2D eigenvalue weighted by molar-refractivity contribution is 0.555. The summed E-state index contributed by atoms with van der Waals surface area (Å²) in [5.41, 5.74) is 8.46. The van der Waals surface area contributed by atoms with Crippen LogP contribution in [0.1, 0.15) is 5.82 Å². The summed E-state index contributed by atoms with van der Waals surface area (Å²) in [6, 6.07) is 5.42. The van der Waals surface area contributed by atoms with Crippen molar-refractivity contribution in [1.82, 2.24) is 15.0 Å². The van der Waals surface area contributed by atoms with Crippen LogP contribution in [0.3, 0.4) is 0 Å². The lowest BCUT2D eigenvalue weighted by Crippen LogP contribution is -1.97. The number of hydrogen-bond acceptors (Lipinski definition) is 4. The first-order chi connectivity index (χ1) is 8.26. The van der Waals surface area contributed by atoms with Crippen molar-refractivity contribution in [3.05, 3.63) is 40.8 Å². The summed E-state index contributed by atoms with van der Waals surface area (Å²) in [6.07, 6.45) is 1.71. The summed E-state index contributed by atoms with van der Waals surface area (Å²) < 4.78 is 4.93. The van der Waals surface area contributed by atoms with Gasteiger partial charge >= 0.3 is 5.76 Å². The van der Waals surface area contributed by atoms with E-state index in [0.29, 0.717) is 17.6 Å². The highest BCUT2D eigenvalue weighted by Gasteiger charge is 2.06. The number of rotatable bonds is 2. The molecule has 0 aliphatic carbocycles. The summed E-state index contributed by atoms with van der Waals surface area (Å²) in [4.78, 5) is 20.8. The summed E-state index contributed by atoms with van der Waals surface area (Å²) >= 11 is 0.